The number of nitrogens with zero attached hydrogens (tertiary/aromatic N) is 1. The van der Waals surface area contributed by atoms with Crippen molar-refractivity contribution in [1.82, 2.24) is 10.2 Å². The maximum Gasteiger partial charge on any atom is 0.0590 e. The third kappa shape index (κ3) is 4.73. The number of nitrogens with one attached hydrogen (secondary N) is 1. The third-order valence-corrected chi connectivity index (χ3v) is 4.59. The summed E-state index contributed by atoms with van der Waals surface area (Å²) in [6.07, 6.45) is 9.46. The van der Waals surface area contributed by atoms with Crippen molar-refractivity contribution in [2.24, 2.45) is 0 Å². The summed E-state index contributed by atoms with van der Waals surface area (Å²) in [6.45, 7) is 9.25. The minimum absolute atomic E-state index is 0.514. The molecule has 0 aromatic carbocycles. The topological polar surface area (TPSA) is 24.5 Å². The molecule has 3 heteroatoms. The zero-order chi connectivity index (χ0) is 13.5. The Labute approximate surface area is 119 Å². The van der Waals surface area contributed by atoms with Crippen LogP contribution in [-0.4, -0.2) is 49.3 Å². The van der Waals surface area contributed by atoms with Crippen LogP contribution in [0.4, 0.5) is 0 Å². The van der Waals surface area contributed by atoms with Gasteiger partial charge in [-0.25, -0.2) is 0 Å². The van der Waals surface area contributed by atoms with Gasteiger partial charge in [-0.05, 0) is 51.6 Å². The van der Waals surface area contributed by atoms with Crippen LogP contribution in [0.25, 0.3) is 0 Å². The summed E-state index contributed by atoms with van der Waals surface area (Å²) in [5, 5.41) is 3.65. The van der Waals surface area contributed by atoms with Gasteiger partial charge < -0.3 is 10.1 Å². The Balaban J connectivity index is 1.85. The molecule has 1 N–H and O–H groups in total. The third-order valence-electron chi connectivity index (χ3n) is 4.59. The molecule has 3 unspecified atom stereocenters. The second kappa shape index (κ2) is 8.23. The Kier molecular flexibility index (Phi) is 6.62. The SMILES string of the molecule is CCCC1CC(N(CCC)CC2CCCN2)CCO1. The van der Waals surface area contributed by atoms with Crippen LogP contribution >= 0.6 is 0 Å². The molecule has 0 spiro atoms. The molecule has 3 nitrogen and oxygen atoms in total. The van der Waals surface area contributed by atoms with Crippen molar-refractivity contribution in [2.75, 3.05) is 26.2 Å². The highest BCUT2D eigenvalue weighted by atomic mass is 16.5. The summed E-state index contributed by atoms with van der Waals surface area (Å²) in [6, 6.07) is 1.49. The lowest BCUT2D eigenvalue weighted by atomic mass is 9.98. The van der Waals surface area contributed by atoms with Gasteiger partial charge in [0, 0.05) is 25.2 Å². The van der Waals surface area contributed by atoms with Gasteiger partial charge in [0.1, 0.15) is 0 Å². The van der Waals surface area contributed by atoms with E-state index in [0.29, 0.717) is 6.10 Å². The van der Waals surface area contributed by atoms with Crippen LogP contribution in [0.3, 0.4) is 0 Å². The van der Waals surface area contributed by atoms with E-state index in [1.54, 1.807) is 0 Å². The van der Waals surface area contributed by atoms with E-state index in [1.165, 1.54) is 64.6 Å². The molecule has 0 radical (unpaired) electrons. The predicted molar refractivity (Wildman–Crippen MR) is 80.6 cm³/mol. The summed E-state index contributed by atoms with van der Waals surface area (Å²) in [7, 11) is 0. The maximum atomic E-state index is 5.90. The molecule has 2 heterocycles. The zero-order valence-corrected chi connectivity index (χ0v) is 12.9. The van der Waals surface area contributed by atoms with Crippen LogP contribution in [-0.2, 0) is 4.74 Å². The molecule has 2 rings (SSSR count). The van der Waals surface area contributed by atoms with Crippen LogP contribution < -0.4 is 5.32 Å². The van der Waals surface area contributed by atoms with E-state index < -0.39 is 0 Å². The predicted octanol–water partition coefficient (Wildman–Crippen LogP) is 2.80. The highest BCUT2D eigenvalue weighted by Gasteiger charge is 2.28. The lowest BCUT2D eigenvalue weighted by molar-refractivity contribution is -0.0321. The fourth-order valence-electron chi connectivity index (χ4n) is 3.62. The highest BCUT2D eigenvalue weighted by Crippen LogP contribution is 2.23. The van der Waals surface area contributed by atoms with E-state index >= 15 is 0 Å². The number of hydrogen-bond donors (Lipinski definition) is 1. The van der Waals surface area contributed by atoms with Crippen molar-refractivity contribution < 1.29 is 4.74 Å². The summed E-state index contributed by atoms with van der Waals surface area (Å²) in [5.41, 5.74) is 0. The molecule has 3 atom stereocenters. The van der Waals surface area contributed by atoms with Crippen LogP contribution in [0.1, 0.15) is 58.8 Å². The van der Waals surface area contributed by atoms with Gasteiger partial charge in [0.15, 0.2) is 0 Å². The molecule has 2 saturated heterocycles. The minimum Gasteiger partial charge on any atom is -0.378 e. The average Bonchev–Trinajstić information content (AvgIpc) is 2.92. The number of ether oxygens (including phenoxy) is 1. The Hall–Kier alpha value is -0.120. The molecule has 0 aromatic heterocycles. The first kappa shape index (κ1) is 15.3. The first-order chi connectivity index (χ1) is 9.33. The molecule has 0 saturated carbocycles. The smallest absolute Gasteiger partial charge is 0.0590 e. The molecular formula is C16H32N2O. The van der Waals surface area contributed by atoms with Crippen LogP contribution in [0.15, 0.2) is 0 Å². The first-order valence-electron chi connectivity index (χ1n) is 8.42. The molecule has 2 aliphatic heterocycles. The van der Waals surface area contributed by atoms with Gasteiger partial charge >= 0.3 is 0 Å². The quantitative estimate of drug-likeness (QED) is 0.768. The van der Waals surface area contributed by atoms with E-state index in [0.717, 1.165) is 18.7 Å². The number of rotatable bonds is 7. The molecule has 0 aliphatic carbocycles. The number of hydrogen-bond acceptors (Lipinski definition) is 3. The van der Waals surface area contributed by atoms with E-state index in [4.69, 9.17) is 4.74 Å². The summed E-state index contributed by atoms with van der Waals surface area (Å²) < 4.78 is 5.90. The fourth-order valence-corrected chi connectivity index (χ4v) is 3.62. The van der Waals surface area contributed by atoms with Crippen LogP contribution in [0, 0.1) is 0 Å². The van der Waals surface area contributed by atoms with E-state index in [2.05, 4.69) is 24.1 Å². The van der Waals surface area contributed by atoms with Gasteiger partial charge in [-0.15, -0.1) is 0 Å². The molecule has 19 heavy (non-hydrogen) atoms. The summed E-state index contributed by atoms with van der Waals surface area (Å²) in [4.78, 5) is 2.74. The van der Waals surface area contributed by atoms with Gasteiger partial charge in [-0.1, -0.05) is 20.3 Å². The average molecular weight is 268 g/mol. The van der Waals surface area contributed by atoms with Gasteiger partial charge in [-0.3, -0.25) is 4.90 Å². The van der Waals surface area contributed by atoms with Crippen molar-refractivity contribution in [2.45, 2.75) is 77.0 Å². The second-order valence-corrected chi connectivity index (χ2v) is 6.25. The molecule has 0 aromatic rings. The van der Waals surface area contributed by atoms with Crippen LogP contribution in [0.2, 0.25) is 0 Å². The largest absolute Gasteiger partial charge is 0.378 e. The lowest BCUT2D eigenvalue weighted by Crippen LogP contribution is -2.47. The molecule has 2 aliphatic rings. The molecule has 2 fully saturated rings. The van der Waals surface area contributed by atoms with Crippen LogP contribution in [0.5, 0.6) is 0 Å². The van der Waals surface area contributed by atoms with Crippen molar-refractivity contribution in [3.63, 3.8) is 0 Å². The monoisotopic (exact) mass is 268 g/mol. The molecular weight excluding hydrogens is 236 g/mol. The molecule has 112 valence electrons. The summed E-state index contributed by atoms with van der Waals surface area (Å²) in [5.74, 6) is 0. The first-order valence-corrected chi connectivity index (χ1v) is 8.42. The van der Waals surface area contributed by atoms with Crippen molar-refractivity contribution in [3.8, 4) is 0 Å². The van der Waals surface area contributed by atoms with Gasteiger partial charge in [0.25, 0.3) is 0 Å². The zero-order valence-electron chi connectivity index (χ0n) is 12.9. The minimum atomic E-state index is 0.514. The van der Waals surface area contributed by atoms with Gasteiger partial charge in [0.2, 0.25) is 0 Å². The Morgan fingerprint density at radius 3 is 2.79 bits per heavy atom. The van der Waals surface area contributed by atoms with Crippen molar-refractivity contribution >= 4 is 0 Å². The van der Waals surface area contributed by atoms with E-state index in [1.807, 2.05) is 0 Å². The van der Waals surface area contributed by atoms with Crippen molar-refractivity contribution in [1.29, 1.82) is 0 Å². The molecule has 0 amide bonds. The van der Waals surface area contributed by atoms with Gasteiger partial charge in [0.05, 0.1) is 6.10 Å². The van der Waals surface area contributed by atoms with Gasteiger partial charge in [-0.2, -0.15) is 0 Å². The normalized spacial score (nSPS) is 32.1. The fraction of sp³-hybridized carbons (Fsp3) is 1.00. The Bertz CT molecular complexity index is 239. The van der Waals surface area contributed by atoms with E-state index in [9.17, 15) is 0 Å². The highest BCUT2D eigenvalue weighted by molar-refractivity contribution is 4.84. The lowest BCUT2D eigenvalue weighted by Gasteiger charge is -2.38. The standard InChI is InChI=1S/C16H32N2O/c1-3-6-16-12-15(8-11-19-16)18(10-4-2)13-14-7-5-9-17-14/h14-17H,3-13H2,1-2H3. The molecule has 0 bridgehead atoms. The summed E-state index contributed by atoms with van der Waals surface area (Å²) >= 11 is 0. The van der Waals surface area contributed by atoms with Crippen molar-refractivity contribution in [3.05, 3.63) is 0 Å². The maximum absolute atomic E-state index is 5.90. The van der Waals surface area contributed by atoms with E-state index in [-0.39, 0.29) is 0 Å². The second-order valence-electron chi connectivity index (χ2n) is 6.25. The Morgan fingerprint density at radius 1 is 1.21 bits per heavy atom. The Morgan fingerprint density at radius 2 is 2.11 bits per heavy atom.